The normalized spacial score (nSPS) is 23.0. The molecule has 0 aliphatic carbocycles. The molecule has 0 unspecified atom stereocenters. The lowest BCUT2D eigenvalue weighted by atomic mass is 9.78. The van der Waals surface area contributed by atoms with E-state index < -0.39 is 5.41 Å². The van der Waals surface area contributed by atoms with Gasteiger partial charge in [0.2, 0.25) is 11.8 Å². The molecule has 2 aromatic rings. The summed E-state index contributed by atoms with van der Waals surface area (Å²) in [7, 11) is 1.84. The van der Waals surface area contributed by atoms with Crippen molar-refractivity contribution < 1.29 is 14.3 Å². The van der Waals surface area contributed by atoms with E-state index in [9.17, 15) is 9.59 Å². The Bertz CT molecular complexity index is 850. The Hall–Kier alpha value is -2.70. The number of likely N-dealkylation sites (tertiary alicyclic amines) is 2. The molecule has 0 radical (unpaired) electrons. The monoisotopic (exact) mass is 354 g/mol. The third-order valence-corrected chi connectivity index (χ3v) is 5.49. The van der Waals surface area contributed by atoms with E-state index in [4.69, 9.17) is 4.74 Å². The van der Waals surface area contributed by atoms with E-state index in [2.05, 4.69) is 9.97 Å². The molecule has 0 saturated carbocycles. The zero-order chi connectivity index (χ0) is 18.1. The molecule has 1 aromatic carbocycles. The third kappa shape index (κ3) is 2.87. The lowest BCUT2D eigenvalue weighted by molar-refractivity contribution is -0.144. The van der Waals surface area contributed by atoms with Crippen LogP contribution in [0.3, 0.4) is 0 Å². The number of para-hydroxylation sites is 1. The summed E-state index contributed by atoms with van der Waals surface area (Å²) < 4.78 is 5.68. The van der Waals surface area contributed by atoms with Crippen LogP contribution in [0, 0.1) is 5.41 Å². The largest absolute Gasteiger partial charge is 0.467 e. The average molecular weight is 354 g/mol. The molecule has 2 amide bonds. The Kier molecular flexibility index (Phi) is 4.22. The second kappa shape index (κ2) is 6.55. The fourth-order valence-corrected chi connectivity index (χ4v) is 4.05. The van der Waals surface area contributed by atoms with Crippen LogP contribution in [0.4, 0.5) is 0 Å². The van der Waals surface area contributed by atoms with Gasteiger partial charge in [0.1, 0.15) is 6.33 Å². The predicted molar refractivity (Wildman–Crippen MR) is 95.5 cm³/mol. The van der Waals surface area contributed by atoms with Crippen molar-refractivity contribution in [3.63, 3.8) is 0 Å². The van der Waals surface area contributed by atoms with Crippen molar-refractivity contribution in [1.29, 1.82) is 0 Å². The predicted octanol–water partition coefficient (Wildman–Crippen LogP) is 1.48. The maximum Gasteiger partial charge on any atom is 0.260 e. The topological polar surface area (TPSA) is 75.6 Å². The summed E-state index contributed by atoms with van der Waals surface area (Å²) >= 11 is 0. The number of nitrogens with zero attached hydrogens (tertiary/aromatic N) is 4. The Morgan fingerprint density at radius 1 is 1.23 bits per heavy atom. The molecule has 7 heteroatoms. The van der Waals surface area contributed by atoms with Crippen LogP contribution in [0.1, 0.15) is 19.3 Å². The van der Waals surface area contributed by atoms with E-state index in [0.29, 0.717) is 19.0 Å². The van der Waals surface area contributed by atoms with Gasteiger partial charge < -0.3 is 14.5 Å². The molecule has 1 spiro atoms. The molecule has 2 aliphatic heterocycles. The second-order valence-electron chi connectivity index (χ2n) is 7.16. The summed E-state index contributed by atoms with van der Waals surface area (Å²) in [6.45, 7) is 1.81. The molecule has 0 bridgehead atoms. The highest BCUT2D eigenvalue weighted by Crippen LogP contribution is 2.39. The Morgan fingerprint density at radius 2 is 2.08 bits per heavy atom. The highest BCUT2D eigenvalue weighted by molar-refractivity contribution is 5.87. The summed E-state index contributed by atoms with van der Waals surface area (Å²) in [4.78, 5) is 37.1. The van der Waals surface area contributed by atoms with Crippen LogP contribution in [-0.4, -0.2) is 64.9 Å². The van der Waals surface area contributed by atoms with E-state index in [1.807, 2.05) is 31.3 Å². The maximum absolute atomic E-state index is 12.6. The number of carbonyl (C=O) groups is 2. The maximum atomic E-state index is 12.6. The second-order valence-corrected chi connectivity index (χ2v) is 7.16. The van der Waals surface area contributed by atoms with Crippen molar-refractivity contribution in [2.75, 3.05) is 33.3 Å². The zero-order valence-corrected chi connectivity index (χ0v) is 14.9. The first-order valence-corrected chi connectivity index (χ1v) is 8.95. The summed E-state index contributed by atoms with van der Waals surface area (Å²) in [5, 5.41) is 0.782. The van der Waals surface area contributed by atoms with Crippen molar-refractivity contribution in [1.82, 2.24) is 19.8 Å². The quantitative estimate of drug-likeness (QED) is 0.835. The van der Waals surface area contributed by atoms with Crippen LogP contribution in [0.5, 0.6) is 5.88 Å². The molecule has 136 valence electrons. The average Bonchev–Trinajstić information content (AvgIpc) is 3.09. The molecule has 1 aromatic heterocycles. The van der Waals surface area contributed by atoms with E-state index in [1.165, 1.54) is 6.33 Å². The van der Waals surface area contributed by atoms with Gasteiger partial charge in [-0.05, 0) is 31.4 Å². The summed E-state index contributed by atoms with van der Waals surface area (Å²) in [6.07, 6.45) is 4.02. The lowest BCUT2D eigenvalue weighted by Gasteiger charge is -2.37. The van der Waals surface area contributed by atoms with E-state index in [-0.39, 0.29) is 18.4 Å². The van der Waals surface area contributed by atoms with Gasteiger partial charge in [-0.2, -0.15) is 0 Å². The first-order valence-electron chi connectivity index (χ1n) is 8.95. The van der Waals surface area contributed by atoms with Crippen LogP contribution < -0.4 is 4.74 Å². The smallest absolute Gasteiger partial charge is 0.260 e. The molecule has 3 heterocycles. The summed E-state index contributed by atoms with van der Waals surface area (Å²) in [6, 6.07) is 7.53. The van der Waals surface area contributed by atoms with Crippen molar-refractivity contribution in [3.05, 3.63) is 30.6 Å². The van der Waals surface area contributed by atoms with E-state index >= 15 is 0 Å². The number of benzene rings is 1. The van der Waals surface area contributed by atoms with Crippen LogP contribution in [-0.2, 0) is 9.59 Å². The number of hydrogen-bond acceptors (Lipinski definition) is 5. The van der Waals surface area contributed by atoms with Crippen molar-refractivity contribution in [2.24, 2.45) is 5.41 Å². The molecule has 2 aliphatic rings. The number of aromatic nitrogens is 2. The molecule has 2 fully saturated rings. The molecule has 4 rings (SSSR count). The Labute approximate surface area is 152 Å². The van der Waals surface area contributed by atoms with Gasteiger partial charge in [0.25, 0.3) is 5.91 Å². The zero-order valence-electron chi connectivity index (χ0n) is 14.9. The summed E-state index contributed by atoms with van der Waals surface area (Å²) in [5.41, 5.74) is 0.380. The van der Waals surface area contributed by atoms with Crippen LogP contribution in [0.25, 0.3) is 10.9 Å². The Balaban J connectivity index is 1.42. The number of carbonyl (C=O) groups excluding carboxylic acids is 2. The first-order chi connectivity index (χ1) is 12.6. The minimum Gasteiger partial charge on any atom is -0.467 e. The van der Waals surface area contributed by atoms with Gasteiger partial charge >= 0.3 is 0 Å². The SMILES string of the molecule is CN1CCC[C@]2(CCN(C(=O)COc3ncnc4ccccc34)C2)C1=O. The molecular weight excluding hydrogens is 332 g/mol. The van der Waals surface area contributed by atoms with Gasteiger partial charge in [-0.25, -0.2) is 9.97 Å². The standard InChI is InChI=1S/C19H22N4O3/c1-22-9-4-7-19(18(22)25)8-10-23(12-19)16(24)11-26-17-14-5-2-3-6-15(14)20-13-21-17/h2-3,5-6,13H,4,7-12H2,1H3/t19-/m1/s1. The van der Waals surface area contributed by atoms with Gasteiger partial charge in [-0.1, -0.05) is 12.1 Å². The number of fused-ring (bicyclic) bond motifs is 1. The highest BCUT2D eigenvalue weighted by atomic mass is 16.5. The molecule has 7 nitrogen and oxygen atoms in total. The van der Waals surface area contributed by atoms with Gasteiger partial charge in [-0.15, -0.1) is 0 Å². The highest BCUT2D eigenvalue weighted by Gasteiger charge is 2.48. The van der Waals surface area contributed by atoms with Crippen LogP contribution in [0.2, 0.25) is 0 Å². The van der Waals surface area contributed by atoms with E-state index in [1.54, 1.807) is 9.80 Å². The van der Waals surface area contributed by atoms with Gasteiger partial charge in [0.15, 0.2) is 6.61 Å². The Morgan fingerprint density at radius 3 is 2.96 bits per heavy atom. The number of rotatable bonds is 3. The lowest BCUT2D eigenvalue weighted by Crippen LogP contribution is -2.49. The molecular formula is C19H22N4O3. The van der Waals surface area contributed by atoms with Crippen molar-refractivity contribution in [2.45, 2.75) is 19.3 Å². The number of hydrogen-bond donors (Lipinski definition) is 0. The van der Waals surface area contributed by atoms with Crippen LogP contribution in [0.15, 0.2) is 30.6 Å². The summed E-state index contributed by atoms with van der Waals surface area (Å²) in [5.74, 6) is 0.471. The van der Waals surface area contributed by atoms with Crippen molar-refractivity contribution in [3.8, 4) is 5.88 Å². The molecule has 0 N–H and O–H groups in total. The van der Waals surface area contributed by atoms with Gasteiger partial charge in [0, 0.05) is 26.7 Å². The number of piperidine rings is 1. The van der Waals surface area contributed by atoms with Gasteiger partial charge in [0.05, 0.1) is 16.3 Å². The minimum absolute atomic E-state index is 0.0822. The van der Waals surface area contributed by atoms with Crippen molar-refractivity contribution >= 4 is 22.7 Å². The van der Waals surface area contributed by atoms with E-state index in [0.717, 1.165) is 36.7 Å². The fourth-order valence-electron chi connectivity index (χ4n) is 4.05. The molecule has 1 atom stereocenters. The van der Waals surface area contributed by atoms with Crippen LogP contribution >= 0.6 is 0 Å². The molecule has 2 saturated heterocycles. The third-order valence-electron chi connectivity index (χ3n) is 5.49. The van der Waals surface area contributed by atoms with Gasteiger partial charge in [-0.3, -0.25) is 9.59 Å². The number of ether oxygens (including phenoxy) is 1. The fraction of sp³-hybridized carbons (Fsp3) is 0.474. The molecule has 26 heavy (non-hydrogen) atoms. The minimum atomic E-state index is -0.399. The number of amides is 2. The first kappa shape index (κ1) is 16.8.